The first kappa shape index (κ1) is 25.1. The van der Waals surface area contributed by atoms with Crippen molar-refractivity contribution in [2.24, 2.45) is 5.92 Å². The Labute approximate surface area is 170 Å². The van der Waals surface area contributed by atoms with Crippen LogP contribution in [0.15, 0.2) is 95.9 Å². The zero-order chi connectivity index (χ0) is 20.5. The van der Waals surface area contributed by atoms with Crippen LogP contribution in [0.5, 0.6) is 0 Å². The highest BCUT2D eigenvalue weighted by Crippen LogP contribution is 2.21. The first-order valence-corrected chi connectivity index (χ1v) is 9.96. The Morgan fingerprint density at radius 2 is 1.89 bits per heavy atom. The van der Waals surface area contributed by atoms with Gasteiger partial charge in [-0.25, -0.2) is 4.39 Å². The summed E-state index contributed by atoms with van der Waals surface area (Å²) in [6, 6.07) is 0. The molecule has 0 aliphatic rings. The van der Waals surface area contributed by atoms with Crippen LogP contribution in [-0.4, -0.2) is 0 Å². The average Bonchev–Trinajstić information content (AvgIpc) is 2.63. The number of rotatable bonds is 13. The van der Waals surface area contributed by atoms with Crippen molar-refractivity contribution in [1.29, 1.82) is 0 Å². The monoisotopic (exact) mass is 388 g/mol. The number of hydrogen-bond acceptors (Lipinski definition) is 0. The summed E-state index contributed by atoms with van der Waals surface area (Å²) in [7, 11) is 0. The molecule has 0 saturated heterocycles. The van der Waals surface area contributed by atoms with Crippen LogP contribution in [0.25, 0.3) is 0 Å². The van der Waals surface area contributed by atoms with Crippen LogP contribution in [-0.2, 0) is 0 Å². The molecule has 0 aromatic rings. The molecule has 2 heteroatoms. The fourth-order valence-corrected chi connectivity index (χ4v) is 2.60. The molecule has 0 heterocycles. The van der Waals surface area contributed by atoms with Gasteiger partial charge in [-0.3, -0.25) is 0 Å². The summed E-state index contributed by atoms with van der Waals surface area (Å²) < 4.78 is 13.7. The Morgan fingerprint density at radius 1 is 1.15 bits per heavy atom. The fraction of sp³-hybridized carbons (Fsp3) is 0.360. The lowest BCUT2D eigenvalue weighted by Crippen LogP contribution is -1.97. The predicted molar refractivity (Wildman–Crippen MR) is 122 cm³/mol. The molecule has 1 atom stereocenters. The second-order valence-corrected chi connectivity index (χ2v) is 6.89. The van der Waals surface area contributed by atoms with Gasteiger partial charge < -0.3 is 0 Å². The maximum atomic E-state index is 13.7. The van der Waals surface area contributed by atoms with Crippen molar-refractivity contribution in [2.75, 3.05) is 0 Å². The molecular weight excluding hydrogens is 355 g/mol. The Bertz CT molecular complexity index is 627. The summed E-state index contributed by atoms with van der Waals surface area (Å²) >= 11 is 5.83. The molecule has 0 nitrogen and oxygen atoms in total. The van der Waals surface area contributed by atoms with E-state index in [0.717, 1.165) is 31.3 Å². The standard InChI is InChI=1S/C25H34ClF/c1-6-9-12-16-21(4)22(5)19-23(8-3)17-13-10-11-14-18-25(27)20-24(26)15-7-2/h6-9,12-13,15-17,20,22H,2,4,10-11,14,18-19H2,1,3,5H3/b9-6-,16-12-,17-13-,23-8+,24-15+,25-20+/t22-/m0/s1. The van der Waals surface area contributed by atoms with Crippen molar-refractivity contribution in [3.63, 3.8) is 0 Å². The molecule has 27 heavy (non-hydrogen) atoms. The number of hydrogen-bond donors (Lipinski definition) is 0. The Kier molecular flexibility index (Phi) is 15.2. The van der Waals surface area contributed by atoms with E-state index in [4.69, 9.17) is 11.6 Å². The molecule has 0 bridgehead atoms. The molecule has 0 aromatic carbocycles. The van der Waals surface area contributed by atoms with Crippen LogP contribution in [0.1, 0.15) is 52.9 Å². The van der Waals surface area contributed by atoms with E-state index in [1.165, 1.54) is 11.6 Å². The molecule has 0 amide bonds. The molecule has 0 aromatic heterocycles. The predicted octanol–water partition coefficient (Wildman–Crippen LogP) is 8.93. The molecule has 0 N–H and O–H groups in total. The van der Waals surface area contributed by atoms with E-state index in [0.29, 0.717) is 17.4 Å². The summed E-state index contributed by atoms with van der Waals surface area (Å²) in [5.74, 6) is 0.212. The van der Waals surface area contributed by atoms with Crippen molar-refractivity contribution < 1.29 is 4.39 Å². The molecule has 0 aliphatic carbocycles. The van der Waals surface area contributed by atoms with Crippen molar-refractivity contribution in [3.8, 4) is 0 Å². The Morgan fingerprint density at radius 3 is 2.52 bits per heavy atom. The topological polar surface area (TPSA) is 0 Å². The van der Waals surface area contributed by atoms with Crippen LogP contribution in [0.3, 0.4) is 0 Å². The third-order valence-corrected chi connectivity index (χ3v) is 4.33. The highest BCUT2D eigenvalue weighted by molar-refractivity contribution is 6.31. The second-order valence-electron chi connectivity index (χ2n) is 6.46. The Balaban J connectivity index is 4.27. The molecule has 0 aliphatic heterocycles. The van der Waals surface area contributed by atoms with E-state index in [1.807, 2.05) is 25.2 Å². The Hall–Kier alpha value is -1.86. The maximum absolute atomic E-state index is 13.7. The van der Waals surface area contributed by atoms with E-state index in [2.05, 4.69) is 51.3 Å². The van der Waals surface area contributed by atoms with Gasteiger partial charge in [0.1, 0.15) is 5.83 Å². The van der Waals surface area contributed by atoms with Crippen LogP contribution < -0.4 is 0 Å². The van der Waals surface area contributed by atoms with Gasteiger partial charge in [0, 0.05) is 5.03 Å². The van der Waals surface area contributed by atoms with Gasteiger partial charge in [0.15, 0.2) is 0 Å². The van der Waals surface area contributed by atoms with Gasteiger partial charge in [0.25, 0.3) is 0 Å². The molecule has 0 fully saturated rings. The van der Waals surface area contributed by atoms with E-state index in [-0.39, 0.29) is 5.83 Å². The van der Waals surface area contributed by atoms with Gasteiger partial charge in [-0.1, -0.05) is 91.4 Å². The first-order chi connectivity index (χ1) is 12.9. The van der Waals surface area contributed by atoms with Crippen LogP contribution >= 0.6 is 11.6 Å². The summed E-state index contributed by atoms with van der Waals surface area (Å²) in [5.41, 5.74) is 2.43. The largest absolute Gasteiger partial charge is 0.212 e. The van der Waals surface area contributed by atoms with Crippen molar-refractivity contribution in [3.05, 3.63) is 95.9 Å². The smallest absolute Gasteiger partial charge is 0.101 e. The normalized spacial score (nSPS) is 15.2. The lowest BCUT2D eigenvalue weighted by molar-refractivity contribution is 0.564. The summed E-state index contributed by atoms with van der Waals surface area (Å²) in [5, 5.41) is 0.372. The first-order valence-electron chi connectivity index (χ1n) is 9.58. The van der Waals surface area contributed by atoms with Crippen LogP contribution in [0.2, 0.25) is 0 Å². The van der Waals surface area contributed by atoms with E-state index in [1.54, 1.807) is 12.2 Å². The SMILES string of the molecule is C=C/C=C(Cl)\C=C(\F)CCCC/C=C\C(=C/C)C[C@H](C)C(=C)/C=C\C=C/C. The van der Waals surface area contributed by atoms with Gasteiger partial charge in [-0.05, 0) is 64.0 Å². The lowest BCUT2D eigenvalue weighted by atomic mass is 9.93. The molecular formula is C25H34ClF. The maximum Gasteiger partial charge on any atom is 0.101 e. The number of allylic oxidation sites excluding steroid dienone is 14. The summed E-state index contributed by atoms with van der Waals surface area (Å²) in [4.78, 5) is 0. The van der Waals surface area contributed by atoms with Crippen molar-refractivity contribution in [2.45, 2.75) is 52.9 Å². The molecule has 0 unspecified atom stereocenters. The second kappa shape index (κ2) is 16.3. The van der Waals surface area contributed by atoms with E-state index >= 15 is 0 Å². The van der Waals surface area contributed by atoms with Gasteiger partial charge in [0.2, 0.25) is 0 Å². The third kappa shape index (κ3) is 13.9. The molecule has 0 radical (unpaired) electrons. The summed E-state index contributed by atoms with van der Waals surface area (Å²) in [6.45, 7) is 13.9. The van der Waals surface area contributed by atoms with Crippen molar-refractivity contribution >= 4 is 11.6 Å². The molecule has 0 spiro atoms. The van der Waals surface area contributed by atoms with Crippen molar-refractivity contribution in [1.82, 2.24) is 0 Å². The summed E-state index contributed by atoms with van der Waals surface area (Å²) in [6.07, 6.45) is 23.2. The van der Waals surface area contributed by atoms with Gasteiger partial charge in [-0.15, -0.1) is 0 Å². The minimum absolute atomic E-state index is 0.186. The van der Waals surface area contributed by atoms with Crippen LogP contribution in [0.4, 0.5) is 4.39 Å². The average molecular weight is 389 g/mol. The zero-order valence-electron chi connectivity index (χ0n) is 17.1. The van der Waals surface area contributed by atoms with Gasteiger partial charge in [-0.2, -0.15) is 0 Å². The third-order valence-electron chi connectivity index (χ3n) is 4.10. The molecule has 0 rings (SSSR count). The van der Waals surface area contributed by atoms with Crippen LogP contribution in [0, 0.1) is 5.92 Å². The minimum atomic E-state index is -0.186. The molecule has 0 saturated carbocycles. The van der Waals surface area contributed by atoms with E-state index in [9.17, 15) is 4.39 Å². The highest BCUT2D eigenvalue weighted by atomic mass is 35.5. The minimum Gasteiger partial charge on any atom is -0.212 e. The van der Waals surface area contributed by atoms with Gasteiger partial charge >= 0.3 is 0 Å². The fourth-order valence-electron chi connectivity index (χ4n) is 2.39. The van der Waals surface area contributed by atoms with Gasteiger partial charge in [0.05, 0.1) is 0 Å². The lowest BCUT2D eigenvalue weighted by Gasteiger charge is -2.12. The number of unbranched alkanes of at least 4 members (excludes halogenated alkanes) is 2. The highest BCUT2D eigenvalue weighted by Gasteiger charge is 2.05. The molecule has 148 valence electrons. The quantitative estimate of drug-likeness (QED) is 0.218. The zero-order valence-corrected chi connectivity index (χ0v) is 17.8. The number of halogens is 2. The van der Waals surface area contributed by atoms with E-state index < -0.39 is 0 Å².